The van der Waals surface area contributed by atoms with E-state index < -0.39 is 12.1 Å². The predicted octanol–water partition coefficient (Wildman–Crippen LogP) is 1.89. The Morgan fingerprint density at radius 3 is 2.44 bits per heavy atom. The van der Waals surface area contributed by atoms with Crippen molar-refractivity contribution in [3.05, 3.63) is 35.4 Å². The van der Waals surface area contributed by atoms with Crippen molar-refractivity contribution in [3.8, 4) is 0 Å². The molecule has 0 saturated carbocycles. The van der Waals surface area contributed by atoms with Crippen molar-refractivity contribution in [1.29, 1.82) is 0 Å². The number of carbonyl (C=O) groups excluding carboxylic acids is 1. The second-order valence-corrected chi connectivity index (χ2v) is 4.45. The molecular weight excluding hydrogens is 252 g/mol. The number of carbonyl (C=O) groups is 2. The van der Waals surface area contributed by atoms with Crippen LogP contribution in [0.15, 0.2) is 24.3 Å². The summed E-state index contributed by atoms with van der Waals surface area (Å²) in [7, 11) is 0. The van der Waals surface area contributed by atoms with E-state index in [4.69, 9.17) is 17.3 Å². The minimum Gasteiger partial charge on any atom is -0.479 e. The molecule has 18 heavy (non-hydrogen) atoms. The van der Waals surface area contributed by atoms with Gasteiger partial charge in [0.05, 0.1) is 0 Å². The second kappa shape index (κ2) is 6.37. The van der Waals surface area contributed by atoms with E-state index in [0.717, 1.165) is 0 Å². The van der Waals surface area contributed by atoms with E-state index in [-0.39, 0.29) is 11.3 Å². The zero-order valence-electron chi connectivity index (χ0n) is 9.92. The van der Waals surface area contributed by atoms with E-state index in [1.54, 1.807) is 18.2 Å². The van der Waals surface area contributed by atoms with Gasteiger partial charge in [-0.2, -0.15) is 0 Å². The van der Waals surface area contributed by atoms with Crippen LogP contribution in [0.3, 0.4) is 0 Å². The van der Waals surface area contributed by atoms with Gasteiger partial charge in [-0.15, -0.1) is 0 Å². The number of benzene rings is 1. The summed E-state index contributed by atoms with van der Waals surface area (Å²) < 4.78 is 0. The summed E-state index contributed by atoms with van der Waals surface area (Å²) in [4.78, 5) is 22.2. The second-order valence-electron chi connectivity index (χ2n) is 3.95. The zero-order chi connectivity index (χ0) is 13.7. The molecular formula is C13H14O4S. The molecule has 0 fully saturated rings. The first-order valence-corrected chi connectivity index (χ1v) is 5.86. The Kier molecular flexibility index (Phi) is 5.12. The van der Waals surface area contributed by atoms with Crippen LogP contribution in [-0.4, -0.2) is 26.8 Å². The molecule has 0 spiro atoms. The lowest BCUT2D eigenvalue weighted by atomic mass is 9.97. The van der Waals surface area contributed by atoms with Gasteiger partial charge in [0.15, 0.2) is 6.10 Å². The Morgan fingerprint density at radius 2 is 1.89 bits per heavy atom. The van der Waals surface area contributed by atoms with Crippen LogP contribution in [0.1, 0.15) is 37.0 Å². The molecule has 0 heterocycles. The van der Waals surface area contributed by atoms with Crippen LogP contribution < -0.4 is 0 Å². The topological polar surface area (TPSA) is 74.6 Å². The first-order valence-electron chi connectivity index (χ1n) is 5.46. The predicted molar refractivity (Wildman–Crippen MR) is 70.7 cm³/mol. The van der Waals surface area contributed by atoms with Gasteiger partial charge in [0.1, 0.15) is 5.78 Å². The molecule has 1 rings (SSSR count). The summed E-state index contributed by atoms with van der Waals surface area (Å²) in [5, 5.41) is 18.4. The van der Waals surface area contributed by atoms with Gasteiger partial charge in [0.2, 0.25) is 0 Å². The van der Waals surface area contributed by atoms with Gasteiger partial charge < -0.3 is 15.0 Å². The standard InChI is InChI=1S/C13H14O4S/c1-8(14)6-7-11(18)9-4-2-3-5-10(9)12(15)13(16)17/h2-5,12,15H,6-7H2,1H3,(H,16,17). The number of aliphatic hydroxyl groups excluding tert-OH is 1. The fraction of sp³-hybridized carbons (Fsp3) is 0.308. The Hall–Kier alpha value is -1.59. The van der Waals surface area contributed by atoms with E-state index >= 15 is 0 Å². The number of hydrogen-bond donors (Lipinski definition) is 2. The van der Waals surface area contributed by atoms with Gasteiger partial charge >= 0.3 is 5.97 Å². The molecule has 1 aromatic carbocycles. The number of hydrogen-bond acceptors (Lipinski definition) is 4. The van der Waals surface area contributed by atoms with E-state index in [9.17, 15) is 14.7 Å². The number of rotatable bonds is 6. The first-order chi connectivity index (χ1) is 8.43. The molecule has 4 nitrogen and oxygen atoms in total. The monoisotopic (exact) mass is 266 g/mol. The molecule has 96 valence electrons. The van der Waals surface area contributed by atoms with Gasteiger partial charge in [-0.05, 0) is 18.9 Å². The van der Waals surface area contributed by atoms with Gasteiger partial charge in [-0.25, -0.2) is 4.79 Å². The van der Waals surface area contributed by atoms with E-state index in [2.05, 4.69) is 0 Å². The number of thiocarbonyl (C=S) groups is 1. The lowest BCUT2D eigenvalue weighted by Crippen LogP contribution is -2.15. The van der Waals surface area contributed by atoms with Crippen LogP contribution in [-0.2, 0) is 9.59 Å². The van der Waals surface area contributed by atoms with Gasteiger partial charge in [-0.1, -0.05) is 36.5 Å². The Morgan fingerprint density at radius 1 is 1.28 bits per heavy atom. The highest BCUT2D eigenvalue weighted by Crippen LogP contribution is 2.20. The average molecular weight is 266 g/mol. The molecule has 2 N–H and O–H groups in total. The fourth-order valence-electron chi connectivity index (χ4n) is 1.55. The number of ketones is 1. The van der Waals surface area contributed by atoms with Crippen molar-refractivity contribution < 1.29 is 19.8 Å². The number of Topliss-reactive ketones (excluding diaryl/α,β-unsaturated/α-hetero) is 1. The Labute approximate surface area is 110 Å². The van der Waals surface area contributed by atoms with E-state index in [1.807, 2.05) is 0 Å². The molecule has 0 aliphatic rings. The molecule has 1 aromatic rings. The van der Waals surface area contributed by atoms with Crippen LogP contribution >= 0.6 is 12.2 Å². The smallest absolute Gasteiger partial charge is 0.337 e. The third kappa shape index (κ3) is 3.72. The summed E-state index contributed by atoms with van der Waals surface area (Å²) >= 11 is 5.18. The number of carboxylic acid groups (broad SMARTS) is 1. The van der Waals surface area contributed by atoms with Crippen LogP contribution in [0.4, 0.5) is 0 Å². The SMILES string of the molecule is CC(=O)CCC(=S)c1ccccc1C(O)C(=O)O. The maximum absolute atomic E-state index is 10.9. The maximum Gasteiger partial charge on any atom is 0.337 e. The Balaban J connectivity index is 2.98. The first kappa shape index (κ1) is 14.5. The molecule has 0 aliphatic heterocycles. The van der Waals surface area contributed by atoms with Crippen molar-refractivity contribution in [3.63, 3.8) is 0 Å². The highest BCUT2D eigenvalue weighted by atomic mass is 32.1. The summed E-state index contributed by atoms with van der Waals surface area (Å²) in [5.74, 6) is -1.30. The lowest BCUT2D eigenvalue weighted by molar-refractivity contribution is -0.147. The summed E-state index contributed by atoms with van der Waals surface area (Å²) in [6, 6.07) is 6.53. The number of carboxylic acids is 1. The normalized spacial score (nSPS) is 11.9. The molecule has 0 bridgehead atoms. The summed E-state index contributed by atoms with van der Waals surface area (Å²) in [6.07, 6.45) is -0.902. The van der Waals surface area contributed by atoms with Crippen molar-refractivity contribution in [1.82, 2.24) is 0 Å². The molecule has 5 heteroatoms. The Bertz CT molecular complexity index is 482. The summed E-state index contributed by atoms with van der Waals surface area (Å²) in [5.41, 5.74) is 0.780. The number of aliphatic carboxylic acids is 1. The fourth-order valence-corrected chi connectivity index (χ4v) is 1.83. The van der Waals surface area contributed by atoms with E-state index in [1.165, 1.54) is 13.0 Å². The molecule has 1 atom stereocenters. The van der Waals surface area contributed by atoms with Crippen molar-refractivity contribution in [2.75, 3.05) is 0 Å². The number of aliphatic hydroxyl groups is 1. The molecule has 1 unspecified atom stereocenters. The van der Waals surface area contributed by atoms with Gasteiger partial charge in [-0.3, -0.25) is 0 Å². The van der Waals surface area contributed by atoms with Crippen molar-refractivity contribution in [2.24, 2.45) is 0 Å². The highest BCUT2D eigenvalue weighted by Gasteiger charge is 2.20. The quantitative estimate of drug-likeness (QED) is 0.607. The molecule has 0 amide bonds. The minimum absolute atomic E-state index is 0.0219. The molecule has 0 aromatic heterocycles. The van der Waals surface area contributed by atoms with Gasteiger partial charge in [0.25, 0.3) is 0 Å². The van der Waals surface area contributed by atoms with Gasteiger partial charge in [0, 0.05) is 16.8 Å². The lowest BCUT2D eigenvalue weighted by Gasteiger charge is -2.12. The molecule has 0 radical (unpaired) electrons. The molecule has 0 saturated heterocycles. The third-order valence-corrected chi connectivity index (χ3v) is 2.92. The van der Waals surface area contributed by atoms with E-state index in [0.29, 0.717) is 23.3 Å². The third-order valence-electron chi connectivity index (χ3n) is 2.49. The largest absolute Gasteiger partial charge is 0.479 e. The van der Waals surface area contributed by atoms with Crippen LogP contribution in [0.5, 0.6) is 0 Å². The summed E-state index contributed by atoms with van der Waals surface area (Å²) in [6.45, 7) is 1.47. The average Bonchev–Trinajstić information content (AvgIpc) is 2.34. The van der Waals surface area contributed by atoms with Crippen molar-refractivity contribution in [2.45, 2.75) is 25.9 Å². The minimum atomic E-state index is -1.60. The van der Waals surface area contributed by atoms with Crippen molar-refractivity contribution >= 4 is 28.8 Å². The highest BCUT2D eigenvalue weighted by molar-refractivity contribution is 7.80. The van der Waals surface area contributed by atoms with Crippen LogP contribution in [0.25, 0.3) is 0 Å². The van der Waals surface area contributed by atoms with Crippen LogP contribution in [0.2, 0.25) is 0 Å². The van der Waals surface area contributed by atoms with Crippen LogP contribution in [0, 0.1) is 0 Å². The maximum atomic E-state index is 10.9. The molecule has 0 aliphatic carbocycles. The zero-order valence-corrected chi connectivity index (χ0v) is 10.7.